The van der Waals surface area contributed by atoms with Crippen LogP contribution >= 0.6 is 0 Å². The van der Waals surface area contributed by atoms with Gasteiger partial charge in [0.05, 0.1) is 12.7 Å². The molecule has 1 aliphatic heterocycles. The lowest BCUT2D eigenvalue weighted by Crippen LogP contribution is -2.44. The van der Waals surface area contributed by atoms with Crippen LogP contribution in [0.4, 0.5) is 0 Å². The summed E-state index contributed by atoms with van der Waals surface area (Å²) in [6.07, 6.45) is 5.41. The number of nitrogens with zero attached hydrogens (tertiary/aromatic N) is 1. The van der Waals surface area contributed by atoms with Gasteiger partial charge >= 0.3 is 0 Å². The van der Waals surface area contributed by atoms with E-state index in [1.807, 2.05) is 0 Å². The second-order valence-corrected chi connectivity index (χ2v) is 5.84. The Hall–Kier alpha value is -0.570. The molecule has 1 atom stereocenters. The van der Waals surface area contributed by atoms with Crippen LogP contribution in [0.2, 0.25) is 0 Å². The number of amides is 1. The highest BCUT2D eigenvalue weighted by molar-refractivity contribution is 5.80. The molecule has 2 rings (SSSR count). The molecule has 1 amide bonds. The number of carbonyl (C=O) groups is 1. The van der Waals surface area contributed by atoms with Crippen molar-refractivity contribution in [3.8, 4) is 0 Å². The third kappa shape index (κ3) is 2.24. The molecule has 0 spiro atoms. The number of hydrogen-bond donors (Lipinski definition) is 1. The first-order valence-electron chi connectivity index (χ1n) is 6.61. The summed E-state index contributed by atoms with van der Waals surface area (Å²) in [5.74, 6) is 0.796. The van der Waals surface area contributed by atoms with Crippen LogP contribution in [0.3, 0.4) is 0 Å². The van der Waals surface area contributed by atoms with Gasteiger partial charge in [0.2, 0.25) is 5.91 Å². The van der Waals surface area contributed by atoms with Crippen molar-refractivity contribution >= 4 is 5.91 Å². The van der Waals surface area contributed by atoms with E-state index in [2.05, 4.69) is 31.0 Å². The van der Waals surface area contributed by atoms with Gasteiger partial charge in [-0.05, 0) is 30.6 Å². The van der Waals surface area contributed by atoms with Crippen LogP contribution in [-0.4, -0.2) is 30.1 Å². The fourth-order valence-electron chi connectivity index (χ4n) is 2.90. The minimum Gasteiger partial charge on any atom is -0.325 e. The van der Waals surface area contributed by atoms with Crippen molar-refractivity contribution in [2.45, 2.75) is 52.6 Å². The largest absolute Gasteiger partial charge is 0.325 e. The lowest BCUT2D eigenvalue weighted by Gasteiger charge is -2.31. The number of hydrogen-bond acceptors (Lipinski definition) is 2. The van der Waals surface area contributed by atoms with Crippen LogP contribution in [-0.2, 0) is 4.79 Å². The van der Waals surface area contributed by atoms with Crippen molar-refractivity contribution in [1.82, 2.24) is 10.2 Å². The molecule has 1 saturated carbocycles. The van der Waals surface area contributed by atoms with Crippen LogP contribution in [0, 0.1) is 11.3 Å². The Labute approximate surface area is 98.6 Å². The second-order valence-electron chi connectivity index (χ2n) is 5.84. The average molecular weight is 224 g/mol. The standard InChI is InChI=1S/C13H24N2O/c1-4-5-13(6-7-13)9-15-11(16)8-14-12(15)10(2)3/h10,12,14H,4-9H2,1-3H3. The molecule has 0 aromatic carbocycles. The maximum absolute atomic E-state index is 11.9. The van der Waals surface area contributed by atoms with E-state index < -0.39 is 0 Å². The van der Waals surface area contributed by atoms with Crippen LogP contribution < -0.4 is 5.32 Å². The number of nitrogens with one attached hydrogen (secondary N) is 1. The van der Waals surface area contributed by atoms with E-state index >= 15 is 0 Å². The van der Waals surface area contributed by atoms with E-state index in [0.717, 1.165) is 6.54 Å². The lowest BCUT2D eigenvalue weighted by atomic mass is 9.99. The summed E-state index contributed by atoms with van der Waals surface area (Å²) in [4.78, 5) is 14.0. The highest BCUT2D eigenvalue weighted by Gasteiger charge is 2.46. The second kappa shape index (κ2) is 4.36. The molecule has 0 radical (unpaired) electrons. The third-order valence-electron chi connectivity index (χ3n) is 3.99. The first-order valence-corrected chi connectivity index (χ1v) is 6.61. The first-order chi connectivity index (χ1) is 7.58. The molecule has 92 valence electrons. The highest BCUT2D eigenvalue weighted by atomic mass is 16.2. The molecule has 2 fully saturated rings. The van der Waals surface area contributed by atoms with Crippen LogP contribution in [0.15, 0.2) is 0 Å². The van der Waals surface area contributed by atoms with Gasteiger partial charge in [-0.3, -0.25) is 10.1 Å². The zero-order valence-corrected chi connectivity index (χ0v) is 10.8. The van der Waals surface area contributed by atoms with Crippen LogP contribution in [0.1, 0.15) is 46.5 Å². The van der Waals surface area contributed by atoms with Crippen molar-refractivity contribution < 1.29 is 4.79 Å². The van der Waals surface area contributed by atoms with Crippen molar-refractivity contribution in [1.29, 1.82) is 0 Å². The zero-order chi connectivity index (χ0) is 11.8. The molecular weight excluding hydrogens is 200 g/mol. The summed E-state index contributed by atoms with van der Waals surface area (Å²) in [6.45, 7) is 8.12. The van der Waals surface area contributed by atoms with E-state index in [4.69, 9.17) is 0 Å². The SMILES string of the molecule is CCCC1(CN2C(=O)CNC2C(C)C)CC1. The molecule has 0 bridgehead atoms. The van der Waals surface area contributed by atoms with Crippen molar-refractivity contribution in [3.63, 3.8) is 0 Å². The monoisotopic (exact) mass is 224 g/mol. The molecule has 16 heavy (non-hydrogen) atoms. The molecule has 1 aliphatic carbocycles. The van der Waals surface area contributed by atoms with Gasteiger partial charge in [0, 0.05) is 6.54 Å². The first kappa shape index (κ1) is 11.9. The number of carbonyl (C=O) groups excluding carboxylic acids is 1. The molecule has 1 N–H and O–H groups in total. The Morgan fingerprint density at radius 2 is 2.19 bits per heavy atom. The van der Waals surface area contributed by atoms with Crippen molar-refractivity contribution in [2.75, 3.05) is 13.1 Å². The molecule has 1 heterocycles. The maximum atomic E-state index is 11.9. The normalized spacial score (nSPS) is 27.9. The molecule has 1 saturated heterocycles. The third-order valence-corrected chi connectivity index (χ3v) is 3.99. The van der Waals surface area contributed by atoms with Gasteiger partial charge in [-0.1, -0.05) is 27.2 Å². The Kier molecular flexibility index (Phi) is 3.24. The minimum atomic E-state index is 0.266. The predicted octanol–water partition coefficient (Wildman–Crippen LogP) is 1.98. The fourth-order valence-corrected chi connectivity index (χ4v) is 2.90. The summed E-state index contributed by atoms with van der Waals surface area (Å²) < 4.78 is 0. The van der Waals surface area contributed by atoms with Gasteiger partial charge in [-0.15, -0.1) is 0 Å². The summed E-state index contributed by atoms with van der Waals surface area (Å²) >= 11 is 0. The minimum absolute atomic E-state index is 0.266. The van der Waals surface area contributed by atoms with Gasteiger partial charge in [0.15, 0.2) is 0 Å². The van der Waals surface area contributed by atoms with E-state index in [-0.39, 0.29) is 6.17 Å². The highest BCUT2D eigenvalue weighted by Crippen LogP contribution is 2.50. The zero-order valence-electron chi connectivity index (χ0n) is 10.8. The molecule has 0 aromatic rings. The molecule has 3 heteroatoms. The van der Waals surface area contributed by atoms with Gasteiger partial charge in [-0.25, -0.2) is 0 Å². The predicted molar refractivity (Wildman–Crippen MR) is 64.9 cm³/mol. The smallest absolute Gasteiger partial charge is 0.237 e. The fraction of sp³-hybridized carbons (Fsp3) is 0.923. The molecule has 2 aliphatic rings. The van der Waals surface area contributed by atoms with Gasteiger partial charge in [-0.2, -0.15) is 0 Å². The van der Waals surface area contributed by atoms with Gasteiger partial charge < -0.3 is 4.90 Å². The molecule has 1 unspecified atom stereocenters. The average Bonchev–Trinajstić information content (AvgIpc) is 2.87. The Balaban J connectivity index is 1.99. The summed E-state index contributed by atoms with van der Waals surface area (Å²) in [6, 6.07) is 0. The molecular formula is C13H24N2O. The molecule has 0 aromatic heterocycles. The summed E-state index contributed by atoms with van der Waals surface area (Å²) in [7, 11) is 0. The van der Waals surface area contributed by atoms with E-state index in [1.54, 1.807) is 0 Å². The Morgan fingerprint density at radius 1 is 1.50 bits per heavy atom. The quantitative estimate of drug-likeness (QED) is 0.774. The van der Waals surface area contributed by atoms with Crippen LogP contribution in [0.5, 0.6) is 0 Å². The van der Waals surface area contributed by atoms with E-state index in [0.29, 0.717) is 23.8 Å². The number of rotatable bonds is 5. The van der Waals surface area contributed by atoms with Crippen LogP contribution in [0.25, 0.3) is 0 Å². The lowest BCUT2D eigenvalue weighted by molar-refractivity contribution is -0.129. The summed E-state index contributed by atoms with van der Waals surface area (Å²) in [5, 5.41) is 3.32. The molecule has 3 nitrogen and oxygen atoms in total. The Morgan fingerprint density at radius 3 is 2.69 bits per heavy atom. The topological polar surface area (TPSA) is 32.3 Å². The van der Waals surface area contributed by atoms with Gasteiger partial charge in [0.1, 0.15) is 0 Å². The van der Waals surface area contributed by atoms with E-state index in [9.17, 15) is 4.79 Å². The van der Waals surface area contributed by atoms with Crippen molar-refractivity contribution in [2.24, 2.45) is 11.3 Å². The Bertz CT molecular complexity index is 271. The van der Waals surface area contributed by atoms with Crippen molar-refractivity contribution in [3.05, 3.63) is 0 Å². The maximum Gasteiger partial charge on any atom is 0.237 e. The van der Waals surface area contributed by atoms with E-state index in [1.165, 1.54) is 25.7 Å². The van der Waals surface area contributed by atoms with Gasteiger partial charge in [0.25, 0.3) is 0 Å². The summed E-state index contributed by atoms with van der Waals surface area (Å²) in [5.41, 5.74) is 0.476.